The van der Waals surface area contributed by atoms with Gasteiger partial charge in [-0.2, -0.15) is 0 Å². The van der Waals surface area contributed by atoms with Gasteiger partial charge in [0, 0.05) is 61.4 Å². The van der Waals surface area contributed by atoms with Crippen molar-refractivity contribution in [1.29, 1.82) is 0 Å². The van der Waals surface area contributed by atoms with Gasteiger partial charge in [0.25, 0.3) is 0 Å². The highest BCUT2D eigenvalue weighted by molar-refractivity contribution is 6.29. The zero-order valence-electron chi connectivity index (χ0n) is 19.1. The number of carbonyl (C=O) groups excluding carboxylic acids is 1. The van der Waals surface area contributed by atoms with Gasteiger partial charge in [0.05, 0.1) is 0 Å². The number of aromatic nitrogens is 2. The van der Waals surface area contributed by atoms with Crippen LogP contribution in [0.4, 0.5) is 16.3 Å². The van der Waals surface area contributed by atoms with Crippen LogP contribution in [0.2, 0.25) is 5.15 Å². The van der Waals surface area contributed by atoms with Gasteiger partial charge >= 0.3 is 6.09 Å². The Hall–Kier alpha value is -2.54. The van der Waals surface area contributed by atoms with E-state index < -0.39 is 5.60 Å². The topological polar surface area (TPSA) is 70.6 Å². The van der Waals surface area contributed by atoms with Crippen molar-refractivity contribution >= 4 is 29.2 Å². The highest BCUT2D eigenvalue weighted by Gasteiger charge is 2.26. The minimum atomic E-state index is -0.515. The van der Waals surface area contributed by atoms with Gasteiger partial charge in [-0.1, -0.05) is 11.6 Å². The van der Waals surface area contributed by atoms with E-state index in [-0.39, 0.29) is 12.1 Å². The molecule has 1 N–H and O–H groups in total. The van der Waals surface area contributed by atoms with Crippen molar-refractivity contribution in [1.82, 2.24) is 15.3 Å². The lowest BCUT2D eigenvalue weighted by Crippen LogP contribution is -2.49. The summed E-state index contributed by atoms with van der Waals surface area (Å²) in [7, 11) is 0. The van der Waals surface area contributed by atoms with Crippen LogP contribution in [-0.4, -0.2) is 53.9 Å². The van der Waals surface area contributed by atoms with Crippen LogP contribution in [0.1, 0.15) is 46.5 Å². The van der Waals surface area contributed by atoms with E-state index in [1.165, 1.54) is 12.8 Å². The monoisotopic (exact) mass is 457 g/mol. The normalized spacial score (nSPS) is 19.2. The Morgan fingerprint density at radius 1 is 1.09 bits per heavy atom. The zero-order chi connectivity index (χ0) is 22.7. The number of anilines is 2. The number of hydrogen-bond acceptors (Lipinski definition) is 6. The van der Waals surface area contributed by atoms with Crippen molar-refractivity contribution in [3.63, 3.8) is 0 Å². The fraction of sp³-hybridized carbons (Fsp3) is 0.542. The Morgan fingerprint density at radius 2 is 1.84 bits per heavy atom. The number of pyridine rings is 2. The van der Waals surface area contributed by atoms with E-state index in [0.717, 1.165) is 55.1 Å². The molecule has 0 bridgehead atoms. The van der Waals surface area contributed by atoms with Crippen LogP contribution in [0.25, 0.3) is 11.1 Å². The fourth-order valence-electron chi connectivity index (χ4n) is 4.37. The van der Waals surface area contributed by atoms with Crippen LogP contribution in [-0.2, 0) is 4.74 Å². The molecule has 2 aromatic heterocycles. The SMILES string of the molecule is CC(C)(C)OC(=O)N[C@H]1CCCN(c2cc(Cl)ncc2-c2ccc(N3CCCC3)nc2)C1. The average Bonchev–Trinajstić information content (AvgIpc) is 3.27. The Bertz CT molecular complexity index is 938. The van der Waals surface area contributed by atoms with Crippen LogP contribution in [0.15, 0.2) is 30.6 Å². The van der Waals surface area contributed by atoms with Crippen molar-refractivity contribution in [2.75, 3.05) is 36.0 Å². The number of ether oxygens (including phenoxy) is 1. The predicted molar refractivity (Wildman–Crippen MR) is 129 cm³/mol. The average molecular weight is 458 g/mol. The van der Waals surface area contributed by atoms with E-state index in [2.05, 4.69) is 32.2 Å². The molecule has 0 saturated carbocycles. The van der Waals surface area contributed by atoms with Crippen molar-refractivity contribution < 1.29 is 9.53 Å². The third-order valence-corrected chi connectivity index (χ3v) is 6.03. The van der Waals surface area contributed by atoms with Gasteiger partial charge in [-0.15, -0.1) is 0 Å². The number of alkyl carbamates (subject to hydrolysis) is 1. The predicted octanol–water partition coefficient (Wildman–Crippen LogP) is 4.89. The standard InChI is InChI=1S/C24H32ClN5O2/c1-24(2,3)32-23(31)28-18-7-6-12-30(16-18)20-13-21(25)26-15-19(20)17-8-9-22(27-14-17)29-10-4-5-11-29/h8-9,13-15,18H,4-7,10-12,16H2,1-3H3,(H,28,31)/t18-/m0/s1. The molecule has 7 nitrogen and oxygen atoms in total. The Balaban J connectivity index is 1.52. The minimum absolute atomic E-state index is 0.00839. The maximum atomic E-state index is 12.3. The Kier molecular flexibility index (Phi) is 6.74. The summed E-state index contributed by atoms with van der Waals surface area (Å²) in [6.45, 7) is 9.32. The molecule has 1 atom stereocenters. The maximum absolute atomic E-state index is 12.3. The van der Waals surface area contributed by atoms with Gasteiger partial charge in [-0.3, -0.25) is 0 Å². The second kappa shape index (κ2) is 9.53. The summed E-state index contributed by atoms with van der Waals surface area (Å²) in [5.74, 6) is 1.02. The second-order valence-electron chi connectivity index (χ2n) is 9.55. The molecule has 1 amide bonds. The largest absolute Gasteiger partial charge is 0.444 e. The molecule has 0 spiro atoms. The summed E-state index contributed by atoms with van der Waals surface area (Å²) < 4.78 is 5.44. The number of rotatable bonds is 4. The molecule has 0 unspecified atom stereocenters. The molecule has 2 aromatic rings. The van der Waals surface area contributed by atoms with Crippen LogP contribution in [0, 0.1) is 0 Å². The molecule has 0 radical (unpaired) electrons. The third-order valence-electron chi connectivity index (χ3n) is 5.82. The van der Waals surface area contributed by atoms with Crippen LogP contribution in [0.5, 0.6) is 0 Å². The molecular weight excluding hydrogens is 426 g/mol. The molecule has 2 aliphatic rings. The Morgan fingerprint density at radius 3 is 2.53 bits per heavy atom. The molecule has 8 heteroatoms. The molecule has 2 fully saturated rings. The van der Waals surface area contributed by atoms with Crippen LogP contribution in [0.3, 0.4) is 0 Å². The van der Waals surface area contributed by atoms with Crippen LogP contribution < -0.4 is 15.1 Å². The first-order valence-electron chi connectivity index (χ1n) is 11.4. The fourth-order valence-corrected chi connectivity index (χ4v) is 4.52. The van der Waals surface area contributed by atoms with Crippen molar-refractivity contribution in [3.8, 4) is 11.1 Å². The molecule has 172 valence electrons. The first-order chi connectivity index (χ1) is 15.3. The van der Waals surface area contributed by atoms with Crippen molar-refractivity contribution in [3.05, 3.63) is 35.7 Å². The summed E-state index contributed by atoms with van der Waals surface area (Å²) in [5.41, 5.74) is 2.50. The van der Waals surface area contributed by atoms with E-state index >= 15 is 0 Å². The maximum Gasteiger partial charge on any atom is 0.407 e. The van der Waals surface area contributed by atoms with Crippen molar-refractivity contribution in [2.24, 2.45) is 0 Å². The molecule has 4 heterocycles. The summed E-state index contributed by atoms with van der Waals surface area (Å²) in [5, 5.41) is 3.47. The van der Waals surface area contributed by atoms with E-state index in [4.69, 9.17) is 21.3 Å². The smallest absolute Gasteiger partial charge is 0.407 e. The highest BCUT2D eigenvalue weighted by atomic mass is 35.5. The number of nitrogens with zero attached hydrogens (tertiary/aromatic N) is 4. The third kappa shape index (κ3) is 5.63. The lowest BCUT2D eigenvalue weighted by molar-refractivity contribution is 0.0500. The summed E-state index contributed by atoms with van der Waals surface area (Å²) in [6, 6.07) is 6.10. The molecule has 2 aliphatic heterocycles. The molecule has 32 heavy (non-hydrogen) atoms. The number of halogens is 1. The van der Waals surface area contributed by atoms with Gasteiger partial charge in [-0.25, -0.2) is 14.8 Å². The van der Waals surface area contributed by atoms with E-state index in [1.807, 2.05) is 39.2 Å². The van der Waals surface area contributed by atoms with Gasteiger partial charge < -0.3 is 19.9 Å². The van der Waals surface area contributed by atoms with Gasteiger partial charge in [0.1, 0.15) is 16.6 Å². The minimum Gasteiger partial charge on any atom is -0.444 e. The summed E-state index contributed by atoms with van der Waals surface area (Å²) in [6.07, 6.45) is 7.68. The molecule has 0 aliphatic carbocycles. The number of nitrogens with one attached hydrogen (secondary N) is 1. The molecular formula is C24H32ClN5O2. The second-order valence-corrected chi connectivity index (χ2v) is 9.94. The number of hydrogen-bond donors (Lipinski definition) is 1. The van der Waals surface area contributed by atoms with Gasteiger partial charge in [0.15, 0.2) is 0 Å². The lowest BCUT2D eigenvalue weighted by Gasteiger charge is -2.36. The lowest BCUT2D eigenvalue weighted by atomic mass is 10.0. The molecule has 0 aromatic carbocycles. The van der Waals surface area contributed by atoms with Crippen LogP contribution >= 0.6 is 11.6 Å². The van der Waals surface area contributed by atoms with E-state index in [9.17, 15) is 4.79 Å². The quantitative estimate of drug-likeness (QED) is 0.659. The molecule has 4 rings (SSSR count). The highest BCUT2D eigenvalue weighted by Crippen LogP contribution is 2.34. The summed E-state index contributed by atoms with van der Waals surface area (Å²) in [4.78, 5) is 25.9. The van der Waals surface area contributed by atoms with E-state index in [1.54, 1.807) is 0 Å². The number of piperidine rings is 1. The van der Waals surface area contributed by atoms with Gasteiger partial charge in [0.2, 0.25) is 0 Å². The first kappa shape index (κ1) is 22.6. The first-order valence-corrected chi connectivity index (χ1v) is 11.8. The number of amides is 1. The van der Waals surface area contributed by atoms with E-state index in [0.29, 0.717) is 11.7 Å². The zero-order valence-corrected chi connectivity index (χ0v) is 19.9. The molecule has 2 saturated heterocycles. The Labute approximate surface area is 195 Å². The summed E-state index contributed by atoms with van der Waals surface area (Å²) >= 11 is 6.28. The van der Waals surface area contributed by atoms with Gasteiger partial charge in [-0.05, 0) is 64.7 Å². The number of carbonyl (C=O) groups is 1. The van der Waals surface area contributed by atoms with Crippen molar-refractivity contribution in [2.45, 2.75) is 58.1 Å².